The molecule has 1 saturated heterocycles. The molecule has 0 bridgehead atoms. The predicted octanol–water partition coefficient (Wildman–Crippen LogP) is 12.5. The van der Waals surface area contributed by atoms with Crippen LogP contribution < -0.4 is 0 Å². The Labute approximate surface area is 403 Å². The lowest BCUT2D eigenvalue weighted by Crippen LogP contribution is -2.60. The van der Waals surface area contributed by atoms with Crippen LogP contribution in [0, 0.1) is 0 Å². The van der Waals surface area contributed by atoms with E-state index in [1.165, 1.54) is 154 Å². The Kier molecular flexibility index (Phi) is 42.1. The fourth-order valence-corrected chi connectivity index (χ4v) is 8.68. The first-order chi connectivity index (χ1) is 32.1. The third-order valence-corrected chi connectivity index (χ3v) is 12.7. The van der Waals surface area contributed by atoms with Gasteiger partial charge in [0.2, 0.25) is 0 Å². The standard InChI is InChI=1S/C53H98O12S/c1-3-5-7-9-11-13-15-17-19-20-21-22-23-24-25-26-27-28-29-30-32-34-36-38-40-42-49(55)63-47(45-61-43-41-39-37-35-33-31-18-16-14-12-10-8-6-4-2)46-62-53-51(57)52(65-66(58,59)60)50(56)48(44-54)64-53/h14-17,20-21,47-48,50-54,56-57H,3-13,18-19,22-46H2,1-2H3,(H,58,59,60)/b16-14-,17-15-,21-20-. The average Bonchev–Trinajstić information content (AvgIpc) is 3.29. The van der Waals surface area contributed by atoms with E-state index in [0.29, 0.717) is 13.0 Å². The van der Waals surface area contributed by atoms with E-state index in [2.05, 4.69) is 54.5 Å². The van der Waals surface area contributed by atoms with Crippen LogP contribution in [-0.4, -0.2) is 97.5 Å². The van der Waals surface area contributed by atoms with Crippen LogP contribution in [0.5, 0.6) is 0 Å². The lowest BCUT2D eigenvalue weighted by Gasteiger charge is -2.41. The molecule has 12 nitrogen and oxygen atoms in total. The minimum Gasteiger partial charge on any atom is -0.457 e. The maximum atomic E-state index is 12.9. The molecule has 1 aliphatic heterocycles. The molecule has 1 fully saturated rings. The highest BCUT2D eigenvalue weighted by molar-refractivity contribution is 7.80. The molecule has 1 rings (SSSR count). The quantitative estimate of drug-likeness (QED) is 0.0197. The minimum absolute atomic E-state index is 0.0333. The summed E-state index contributed by atoms with van der Waals surface area (Å²) in [6.45, 7) is 3.98. The van der Waals surface area contributed by atoms with Crippen LogP contribution in [0.15, 0.2) is 36.5 Å². The van der Waals surface area contributed by atoms with Gasteiger partial charge in [-0.1, -0.05) is 192 Å². The van der Waals surface area contributed by atoms with Crippen molar-refractivity contribution in [2.75, 3.05) is 26.4 Å². The zero-order chi connectivity index (χ0) is 48.2. The number of hydrogen-bond donors (Lipinski definition) is 4. The van der Waals surface area contributed by atoms with Crippen LogP contribution in [-0.2, 0) is 38.3 Å². The van der Waals surface area contributed by atoms with Crippen LogP contribution in [0.1, 0.15) is 232 Å². The van der Waals surface area contributed by atoms with Crippen molar-refractivity contribution in [1.82, 2.24) is 0 Å². The Morgan fingerprint density at radius 3 is 1.47 bits per heavy atom. The number of esters is 1. The highest BCUT2D eigenvalue weighted by Crippen LogP contribution is 2.26. The Morgan fingerprint density at radius 2 is 1.00 bits per heavy atom. The molecule has 13 heteroatoms. The van der Waals surface area contributed by atoms with Gasteiger partial charge in [0.15, 0.2) is 6.29 Å². The van der Waals surface area contributed by atoms with Crippen molar-refractivity contribution in [2.45, 2.75) is 269 Å². The summed E-state index contributed by atoms with van der Waals surface area (Å²) in [6, 6.07) is 0. The highest BCUT2D eigenvalue weighted by Gasteiger charge is 2.48. The molecule has 0 aromatic carbocycles. The number of aliphatic hydroxyl groups excluding tert-OH is 3. The van der Waals surface area contributed by atoms with Crippen molar-refractivity contribution < 1.29 is 56.2 Å². The van der Waals surface area contributed by atoms with E-state index < -0.39 is 59.8 Å². The number of unbranched alkanes of at least 4 members (excludes halogenated alkanes) is 28. The van der Waals surface area contributed by atoms with E-state index in [0.717, 1.165) is 51.4 Å². The van der Waals surface area contributed by atoms with Crippen molar-refractivity contribution in [3.63, 3.8) is 0 Å². The molecule has 6 unspecified atom stereocenters. The van der Waals surface area contributed by atoms with Crippen LogP contribution in [0.4, 0.5) is 0 Å². The second-order valence-electron chi connectivity index (χ2n) is 18.5. The van der Waals surface area contributed by atoms with Crippen molar-refractivity contribution in [3.8, 4) is 0 Å². The van der Waals surface area contributed by atoms with E-state index in [-0.39, 0.29) is 19.6 Å². The number of rotatable bonds is 47. The third kappa shape index (κ3) is 37.2. The topological polar surface area (TPSA) is 178 Å². The lowest BCUT2D eigenvalue weighted by atomic mass is 9.99. The van der Waals surface area contributed by atoms with Crippen LogP contribution in [0.25, 0.3) is 0 Å². The van der Waals surface area contributed by atoms with Crippen molar-refractivity contribution in [3.05, 3.63) is 36.5 Å². The fraction of sp³-hybridized carbons (Fsp3) is 0.868. The van der Waals surface area contributed by atoms with Crippen molar-refractivity contribution in [1.29, 1.82) is 0 Å². The van der Waals surface area contributed by atoms with E-state index in [1.54, 1.807) is 0 Å². The molecule has 4 N–H and O–H groups in total. The van der Waals surface area contributed by atoms with Gasteiger partial charge in [-0.25, -0.2) is 4.18 Å². The summed E-state index contributed by atoms with van der Waals surface area (Å²) in [5.41, 5.74) is 0. The Morgan fingerprint density at radius 1 is 0.576 bits per heavy atom. The van der Waals surface area contributed by atoms with E-state index in [1.807, 2.05) is 0 Å². The lowest BCUT2D eigenvalue weighted by molar-refractivity contribution is -0.301. The van der Waals surface area contributed by atoms with Gasteiger partial charge >= 0.3 is 16.4 Å². The number of carbonyl (C=O) groups is 1. The summed E-state index contributed by atoms with van der Waals surface area (Å²) in [7, 11) is -5.06. The van der Waals surface area contributed by atoms with Gasteiger partial charge in [-0.15, -0.1) is 0 Å². The molecule has 6 atom stereocenters. The molecule has 0 spiro atoms. The third-order valence-electron chi connectivity index (χ3n) is 12.2. The molecule has 0 amide bonds. The van der Waals surface area contributed by atoms with E-state index >= 15 is 0 Å². The summed E-state index contributed by atoms with van der Waals surface area (Å²) < 4.78 is 59.2. The highest BCUT2D eigenvalue weighted by atomic mass is 32.3. The molecule has 0 aromatic heterocycles. The molecule has 0 aliphatic carbocycles. The molecule has 1 aliphatic rings. The molecule has 1 heterocycles. The van der Waals surface area contributed by atoms with Crippen molar-refractivity contribution >= 4 is 16.4 Å². The Hall–Kier alpha value is -1.68. The minimum atomic E-state index is -5.06. The van der Waals surface area contributed by atoms with E-state index in [9.17, 15) is 33.1 Å². The molecular formula is C53H98O12S. The molecule has 0 radical (unpaired) electrons. The van der Waals surface area contributed by atoms with Gasteiger partial charge in [-0.05, 0) is 70.6 Å². The second kappa shape index (κ2) is 44.5. The largest absolute Gasteiger partial charge is 0.457 e. The maximum Gasteiger partial charge on any atom is 0.397 e. The first-order valence-electron chi connectivity index (χ1n) is 26.7. The van der Waals surface area contributed by atoms with E-state index in [4.69, 9.17) is 18.9 Å². The zero-order valence-corrected chi connectivity index (χ0v) is 42.6. The van der Waals surface area contributed by atoms with Gasteiger partial charge in [-0.3, -0.25) is 9.35 Å². The van der Waals surface area contributed by atoms with Gasteiger partial charge in [-0.2, -0.15) is 8.42 Å². The van der Waals surface area contributed by atoms with Gasteiger partial charge in [0.1, 0.15) is 30.5 Å². The van der Waals surface area contributed by atoms with Gasteiger partial charge in [0, 0.05) is 13.0 Å². The summed E-state index contributed by atoms with van der Waals surface area (Å²) in [6.07, 6.45) is 44.7. The molecule has 0 saturated carbocycles. The number of carbonyl (C=O) groups excluding carboxylic acids is 1. The second-order valence-corrected chi connectivity index (χ2v) is 19.5. The van der Waals surface area contributed by atoms with Crippen LogP contribution in [0.2, 0.25) is 0 Å². The predicted molar refractivity (Wildman–Crippen MR) is 267 cm³/mol. The van der Waals surface area contributed by atoms with Gasteiger partial charge in [0.05, 0.1) is 19.8 Å². The summed E-state index contributed by atoms with van der Waals surface area (Å²) in [5.74, 6) is -0.400. The summed E-state index contributed by atoms with van der Waals surface area (Å²) in [4.78, 5) is 12.9. The Balaban J connectivity index is 2.30. The zero-order valence-electron chi connectivity index (χ0n) is 41.8. The number of ether oxygens (including phenoxy) is 4. The smallest absolute Gasteiger partial charge is 0.397 e. The normalized spacial score (nSPS) is 19.8. The van der Waals surface area contributed by atoms with Gasteiger partial charge < -0.3 is 34.3 Å². The first-order valence-corrected chi connectivity index (χ1v) is 28.1. The molecular weight excluding hydrogens is 861 g/mol. The SMILES string of the molecule is CCCCCC/C=C\CCCCCCCCOCC(COC1OC(CO)C(O)C(OS(=O)(=O)O)C1O)OC(=O)CCCCCCCCCCCCCCC/C=C\C/C=C\CCCCCCC. The molecule has 66 heavy (non-hydrogen) atoms. The summed E-state index contributed by atoms with van der Waals surface area (Å²) >= 11 is 0. The first kappa shape index (κ1) is 62.3. The molecule has 388 valence electrons. The van der Waals surface area contributed by atoms with Crippen molar-refractivity contribution in [2.24, 2.45) is 0 Å². The molecule has 0 aromatic rings. The number of hydrogen-bond acceptors (Lipinski definition) is 11. The monoisotopic (exact) mass is 959 g/mol. The van der Waals surface area contributed by atoms with Gasteiger partial charge in [0.25, 0.3) is 0 Å². The fourth-order valence-electron chi connectivity index (χ4n) is 8.17. The average molecular weight is 959 g/mol. The number of aliphatic hydroxyl groups is 3. The van der Waals surface area contributed by atoms with Crippen LogP contribution in [0.3, 0.4) is 0 Å². The van der Waals surface area contributed by atoms with Crippen LogP contribution >= 0.6 is 0 Å². The number of allylic oxidation sites excluding steroid dienone is 6. The Bertz CT molecular complexity index is 1290. The maximum absolute atomic E-state index is 12.9. The summed E-state index contributed by atoms with van der Waals surface area (Å²) in [5, 5.41) is 30.8.